The Hall–Kier alpha value is -2.89. The number of halogens is 1. The summed E-state index contributed by atoms with van der Waals surface area (Å²) in [5.74, 6) is 0.0718. The molecule has 1 heterocycles. The first kappa shape index (κ1) is 19.9. The van der Waals surface area contributed by atoms with Crippen LogP contribution in [0.2, 0.25) is 0 Å². The smallest absolute Gasteiger partial charge is 0.253 e. The van der Waals surface area contributed by atoms with Crippen LogP contribution in [0, 0.1) is 11.7 Å². The highest BCUT2D eigenvalue weighted by molar-refractivity contribution is 5.94. The molecule has 1 atom stereocenters. The lowest BCUT2D eigenvalue weighted by molar-refractivity contribution is -0.136. The number of hydrogen-bond donors (Lipinski definition) is 0. The van der Waals surface area contributed by atoms with Crippen LogP contribution in [0.3, 0.4) is 0 Å². The van der Waals surface area contributed by atoms with E-state index in [2.05, 4.69) is 0 Å². The van der Waals surface area contributed by atoms with Gasteiger partial charge in [-0.3, -0.25) is 9.59 Å². The Morgan fingerprint density at radius 1 is 1.00 bits per heavy atom. The summed E-state index contributed by atoms with van der Waals surface area (Å²) >= 11 is 0. The summed E-state index contributed by atoms with van der Waals surface area (Å²) in [6, 6.07) is 13.6. The molecule has 5 nitrogen and oxygen atoms in total. The third-order valence-electron chi connectivity index (χ3n) is 5.12. The van der Waals surface area contributed by atoms with E-state index in [-0.39, 0.29) is 23.5 Å². The van der Waals surface area contributed by atoms with E-state index < -0.39 is 0 Å². The van der Waals surface area contributed by atoms with Gasteiger partial charge in [0.1, 0.15) is 11.6 Å². The predicted molar refractivity (Wildman–Crippen MR) is 105 cm³/mol. The van der Waals surface area contributed by atoms with Gasteiger partial charge >= 0.3 is 0 Å². The number of ether oxygens (including phenoxy) is 1. The normalized spacial score (nSPS) is 15.2. The zero-order valence-corrected chi connectivity index (χ0v) is 16.2. The van der Waals surface area contributed by atoms with Gasteiger partial charge in [0, 0.05) is 37.7 Å². The summed E-state index contributed by atoms with van der Waals surface area (Å²) in [7, 11) is 1.58. The van der Waals surface area contributed by atoms with Gasteiger partial charge in [-0.1, -0.05) is 25.1 Å². The number of piperazine rings is 1. The molecule has 0 spiro atoms. The first-order chi connectivity index (χ1) is 13.5. The quantitative estimate of drug-likeness (QED) is 0.796. The monoisotopic (exact) mass is 384 g/mol. The minimum absolute atomic E-state index is 0.000186. The lowest BCUT2D eigenvalue weighted by Gasteiger charge is -2.36. The van der Waals surface area contributed by atoms with Crippen molar-refractivity contribution in [2.45, 2.75) is 13.3 Å². The number of nitrogens with zero attached hydrogens (tertiary/aromatic N) is 2. The minimum Gasteiger partial charge on any atom is -0.497 e. The van der Waals surface area contributed by atoms with Crippen molar-refractivity contribution in [1.29, 1.82) is 0 Å². The van der Waals surface area contributed by atoms with Crippen molar-refractivity contribution in [1.82, 2.24) is 9.80 Å². The minimum atomic E-state index is -0.305. The predicted octanol–water partition coefficient (Wildman–Crippen LogP) is 3.00. The molecule has 2 aromatic carbocycles. The van der Waals surface area contributed by atoms with E-state index in [4.69, 9.17) is 4.74 Å². The van der Waals surface area contributed by atoms with Gasteiger partial charge in [0.2, 0.25) is 5.91 Å². The van der Waals surface area contributed by atoms with E-state index in [9.17, 15) is 14.0 Å². The highest BCUT2D eigenvalue weighted by Crippen LogP contribution is 2.17. The number of benzene rings is 2. The first-order valence-electron chi connectivity index (χ1n) is 9.45. The van der Waals surface area contributed by atoms with Gasteiger partial charge in [0.25, 0.3) is 5.91 Å². The van der Waals surface area contributed by atoms with Gasteiger partial charge in [-0.2, -0.15) is 0 Å². The highest BCUT2D eigenvalue weighted by Gasteiger charge is 2.27. The Kier molecular flexibility index (Phi) is 6.29. The number of rotatable bonds is 5. The van der Waals surface area contributed by atoms with E-state index in [1.807, 2.05) is 6.92 Å². The van der Waals surface area contributed by atoms with Gasteiger partial charge in [0.15, 0.2) is 0 Å². The Morgan fingerprint density at radius 3 is 2.21 bits per heavy atom. The zero-order valence-electron chi connectivity index (χ0n) is 16.2. The number of methoxy groups -OCH3 is 1. The van der Waals surface area contributed by atoms with Crippen LogP contribution in [0.15, 0.2) is 48.5 Å². The molecule has 2 amide bonds. The number of hydrogen-bond acceptors (Lipinski definition) is 3. The molecule has 1 aliphatic rings. The van der Waals surface area contributed by atoms with Gasteiger partial charge in [0.05, 0.1) is 7.11 Å². The van der Waals surface area contributed by atoms with Crippen LogP contribution in [0.5, 0.6) is 5.75 Å². The highest BCUT2D eigenvalue weighted by atomic mass is 19.1. The van der Waals surface area contributed by atoms with E-state index >= 15 is 0 Å². The summed E-state index contributed by atoms with van der Waals surface area (Å²) in [4.78, 5) is 28.9. The van der Waals surface area contributed by atoms with E-state index in [1.165, 1.54) is 6.07 Å². The van der Waals surface area contributed by atoms with Gasteiger partial charge < -0.3 is 14.5 Å². The van der Waals surface area contributed by atoms with E-state index in [0.717, 1.165) is 0 Å². The molecule has 1 fully saturated rings. The van der Waals surface area contributed by atoms with Crippen molar-refractivity contribution in [3.8, 4) is 5.75 Å². The molecule has 0 aromatic heterocycles. The third-order valence-corrected chi connectivity index (χ3v) is 5.12. The van der Waals surface area contributed by atoms with Crippen molar-refractivity contribution in [3.05, 3.63) is 65.5 Å². The molecular weight excluding hydrogens is 359 g/mol. The van der Waals surface area contributed by atoms with Gasteiger partial charge in [-0.25, -0.2) is 4.39 Å². The van der Waals surface area contributed by atoms with Crippen molar-refractivity contribution in [2.24, 2.45) is 5.92 Å². The molecule has 28 heavy (non-hydrogen) atoms. The van der Waals surface area contributed by atoms with Gasteiger partial charge in [-0.15, -0.1) is 0 Å². The third kappa shape index (κ3) is 4.50. The Labute approximate surface area is 164 Å². The lowest BCUT2D eigenvalue weighted by Crippen LogP contribution is -2.51. The summed E-state index contributed by atoms with van der Waals surface area (Å²) in [5.41, 5.74) is 1.16. The summed E-state index contributed by atoms with van der Waals surface area (Å²) < 4.78 is 18.9. The largest absolute Gasteiger partial charge is 0.497 e. The van der Waals surface area contributed by atoms with Crippen molar-refractivity contribution < 1.29 is 18.7 Å². The number of carbonyl (C=O) groups is 2. The fourth-order valence-corrected chi connectivity index (χ4v) is 3.44. The summed E-state index contributed by atoms with van der Waals surface area (Å²) in [6.45, 7) is 3.78. The SMILES string of the molecule is COc1ccc(C(=O)N2CCN(C(=O)C(C)Cc3ccccc3F)CC2)cc1. The standard InChI is InChI=1S/C22H25FN2O3/c1-16(15-18-5-3-4-6-20(18)23)21(26)24-11-13-25(14-12-24)22(27)17-7-9-19(28-2)10-8-17/h3-10,16H,11-15H2,1-2H3. The summed E-state index contributed by atoms with van der Waals surface area (Å²) in [6.07, 6.45) is 0.372. The van der Waals surface area contributed by atoms with E-state index in [1.54, 1.807) is 59.4 Å². The van der Waals surface area contributed by atoms with Crippen molar-refractivity contribution in [3.63, 3.8) is 0 Å². The summed E-state index contributed by atoms with van der Waals surface area (Å²) in [5, 5.41) is 0. The zero-order chi connectivity index (χ0) is 20.1. The molecule has 0 N–H and O–H groups in total. The van der Waals surface area contributed by atoms with Crippen LogP contribution in [0.25, 0.3) is 0 Å². The van der Waals surface area contributed by atoms with Crippen LogP contribution in [-0.2, 0) is 11.2 Å². The second-order valence-corrected chi connectivity index (χ2v) is 7.04. The molecule has 1 saturated heterocycles. The second kappa shape index (κ2) is 8.87. The maximum Gasteiger partial charge on any atom is 0.253 e. The first-order valence-corrected chi connectivity index (χ1v) is 9.45. The maximum absolute atomic E-state index is 13.8. The number of amides is 2. The van der Waals surface area contributed by atoms with Crippen LogP contribution < -0.4 is 4.74 Å². The fraction of sp³-hybridized carbons (Fsp3) is 0.364. The molecule has 1 unspecified atom stereocenters. The average molecular weight is 384 g/mol. The molecule has 148 valence electrons. The molecule has 6 heteroatoms. The van der Waals surface area contributed by atoms with Crippen LogP contribution in [0.4, 0.5) is 4.39 Å². The van der Waals surface area contributed by atoms with Gasteiger partial charge in [-0.05, 0) is 42.3 Å². The fourth-order valence-electron chi connectivity index (χ4n) is 3.44. The molecule has 1 aliphatic heterocycles. The van der Waals surface area contributed by atoms with Crippen LogP contribution in [0.1, 0.15) is 22.8 Å². The molecule has 0 bridgehead atoms. The second-order valence-electron chi connectivity index (χ2n) is 7.04. The molecule has 0 radical (unpaired) electrons. The Morgan fingerprint density at radius 2 is 1.61 bits per heavy atom. The average Bonchev–Trinajstić information content (AvgIpc) is 2.74. The molecular formula is C22H25FN2O3. The van der Waals surface area contributed by atoms with Crippen molar-refractivity contribution in [2.75, 3.05) is 33.3 Å². The molecule has 0 aliphatic carbocycles. The lowest BCUT2D eigenvalue weighted by atomic mass is 9.99. The van der Waals surface area contributed by atoms with Crippen LogP contribution in [-0.4, -0.2) is 54.9 Å². The van der Waals surface area contributed by atoms with Crippen molar-refractivity contribution >= 4 is 11.8 Å². The number of carbonyl (C=O) groups excluding carboxylic acids is 2. The topological polar surface area (TPSA) is 49.9 Å². The van der Waals surface area contributed by atoms with Crippen LogP contribution >= 0.6 is 0 Å². The molecule has 2 aromatic rings. The van der Waals surface area contributed by atoms with E-state index in [0.29, 0.717) is 49.5 Å². The molecule has 0 saturated carbocycles. The Bertz CT molecular complexity index is 830. The Balaban J connectivity index is 1.54. The molecule has 3 rings (SSSR count). The maximum atomic E-state index is 13.8.